The zero-order valence-electron chi connectivity index (χ0n) is 11.6. The van der Waals surface area contributed by atoms with Gasteiger partial charge in [-0.25, -0.2) is 0 Å². The second-order valence-electron chi connectivity index (χ2n) is 5.55. The normalized spacial score (nSPS) is 15.1. The van der Waals surface area contributed by atoms with Crippen LogP contribution < -0.4 is 11.1 Å². The van der Waals surface area contributed by atoms with Crippen molar-refractivity contribution >= 4 is 5.91 Å². The summed E-state index contributed by atoms with van der Waals surface area (Å²) in [5, 5.41) is 12.3. The molecule has 0 saturated carbocycles. The highest BCUT2D eigenvalue weighted by Gasteiger charge is 2.15. The molecular formula is C13H28N2O2. The zero-order chi connectivity index (χ0) is 13.4. The Labute approximate surface area is 105 Å². The van der Waals surface area contributed by atoms with Gasteiger partial charge >= 0.3 is 0 Å². The van der Waals surface area contributed by atoms with Crippen LogP contribution in [0.25, 0.3) is 0 Å². The first-order valence-electron chi connectivity index (χ1n) is 6.51. The van der Waals surface area contributed by atoms with Crippen molar-refractivity contribution in [3.05, 3.63) is 0 Å². The largest absolute Gasteiger partial charge is 0.391 e. The lowest BCUT2D eigenvalue weighted by atomic mass is 9.94. The molecular weight excluding hydrogens is 216 g/mol. The Bertz CT molecular complexity index is 217. The van der Waals surface area contributed by atoms with Gasteiger partial charge in [-0.05, 0) is 30.7 Å². The van der Waals surface area contributed by atoms with E-state index in [1.165, 1.54) is 0 Å². The van der Waals surface area contributed by atoms with Crippen LogP contribution in [0, 0.1) is 17.8 Å². The Kier molecular flexibility index (Phi) is 8.17. The highest BCUT2D eigenvalue weighted by molar-refractivity contribution is 5.76. The number of carbonyl (C=O) groups excluding carboxylic acids is 1. The summed E-state index contributed by atoms with van der Waals surface area (Å²) in [5.41, 5.74) is 5.64. The van der Waals surface area contributed by atoms with E-state index in [0.29, 0.717) is 25.4 Å². The van der Waals surface area contributed by atoms with Gasteiger partial charge in [0.2, 0.25) is 5.91 Å². The summed E-state index contributed by atoms with van der Waals surface area (Å²) in [4.78, 5) is 11.6. The summed E-state index contributed by atoms with van der Waals surface area (Å²) in [6.07, 6.45) is 0.955. The second-order valence-corrected chi connectivity index (χ2v) is 5.55. The molecule has 17 heavy (non-hydrogen) atoms. The van der Waals surface area contributed by atoms with E-state index in [2.05, 4.69) is 19.2 Å². The molecule has 0 aromatic heterocycles. The molecule has 0 aliphatic carbocycles. The van der Waals surface area contributed by atoms with E-state index in [0.717, 1.165) is 6.42 Å². The third-order valence-electron chi connectivity index (χ3n) is 2.89. The average Bonchev–Trinajstić information content (AvgIpc) is 2.23. The number of nitrogens with two attached hydrogens (primary N) is 1. The van der Waals surface area contributed by atoms with Crippen molar-refractivity contribution in [2.45, 2.75) is 46.6 Å². The predicted octanol–water partition coefficient (Wildman–Crippen LogP) is 1.13. The van der Waals surface area contributed by atoms with Gasteiger partial charge in [0.1, 0.15) is 0 Å². The van der Waals surface area contributed by atoms with E-state index in [9.17, 15) is 9.90 Å². The third kappa shape index (κ3) is 8.16. The quantitative estimate of drug-likeness (QED) is 0.599. The number of aliphatic hydroxyl groups is 1. The van der Waals surface area contributed by atoms with Crippen molar-refractivity contribution in [2.75, 3.05) is 13.1 Å². The van der Waals surface area contributed by atoms with Crippen LogP contribution in [-0.2, 0) is 4.79 Å². The topological polar surface area (TPSA) is 75.4 Å². The Morgan fingerprint density at radius 2 is 1.88 bits per heavy atom. The lowest BCUT2D eigenvalue weighted by molar-refractivity contribution is -0.122. The summed E-state index contributed by atoms with van der Waals surface area (Å²) in [7, 11) is 0. The summed E-state index contributed by atoms with van der Waals surface area (Å²) >= 11 is 0. The number of rotatable bonds is 8. The molecule has 0 radical (unpaired) electrons. The molecule has 4 N–H and O–H groups in total. The lowest BCUT2D eigenvalue weighted by Gasteiger charge is -2.18. The monoisotopic (exact) mass is 244 g/mol. The van der Waals surface area contributed by atoms with Crippen molar-refractivity contribution < 1.29 is 9.90 Å². The minimum atomic E-state index is -0.472. The number of hydrogen-bond donors (Lipinski definition) is 3. The van der Waals surface area contributed by atoms with Gasteiger partial charge in [-0.1, -0.05) is 27.7 Å². The highest BCUT2D eigenvalue weighted by atomic mass is 16.3. The van der Waals surface area contributed by atoms with Crippen LogP contribution in [0.15, 0.2) is 0 Å². The molecule has 0 heterocycles. The molecule has 0 aromatic rings. The van der Waals surface area contributed by atoms with Crippen LogP contribution in [0.1, 0.15) is 40.5 Å². The van der Waals surface area contributed by atoms with Crippen molar-refractivity contribution in [3.8, 4) is 0 Å². The molecule has 2 unspecified atom stereocenters. The molecule has 0 saturated heterocycles. The van der Waals surface area contributed by atoms with Gasteiger partial charge < -0.3 is 16.2 Å². The molecule has 102 valence electrons. The SMILES string of the molecule is CC(C)CC(CN)CC(=O)NCC(O)C(C)C. The molecule has 0 spiro atoms. The van der Waals surface area contributed by atoms with Crippen molar-refractivity contribution in [2.24, 2.45) is 23.5 Å². The molecule has 0 aliphatic rings. The number of amides is 1. The van der Waals surface area contributed by atoms with E-state index in [1.54, 1.807) is 0 Å². The van der Waals surface area contributed by atoms with Crippen LogP contribution in [0.3, 0.4) is 0 Å². The van der Waals surface area contributed by atoms with Crippen LogP contribution >= 0.6 is 0 Å². The zero-order valence-corrected chi connectivity index (χ0v) is 11.6. The van der Waals surface area contributed by atoms with Crippen LogP contribution in [0.4, 0.5) is 0 Å². The smallest absolute Gasteiger partial charge is 0.220 e. The van der Waals surface area contributed by atoms with Crippen molar-refractivity contribution in [1.29, 1.82) is 0 Å². The average molecular weight is 244 g/mol. The third-order valence-corrected chi connectivity index (χ3v) is 2.89. The summed E-state index contributed by atoms with van der Waals surface area (Å²) in [6, 6.07) is 0. The Morgan fingerprint density at radius 1 is 1.29 bits per heavy atom. The first-order valence-corrected chi connectivity index (χ1v) is 6.51. The van der Waals surface area contributed by atoms with Gasteiger partial charge in [0.15, 0.2) is 0 Å². The fourth-order valence-corrected chi connectivity index (χ4v) is 1.72. The molecule has 0 aliphatic heterocycles. The summed E-state index contributed by atoms with van der Waals surface area (Å²) < 4.78 is 0. The number of hydrogen-bond acceptors (Lipinski definition) is 3. The fourth-order valence-electron chi connectivity index (χ4n) is 1.72. The van der Waals surface area contributed by atoms with Gasteiger partial charge in [0.25, 0.3) is 0 Å². The number of nitrogens with one attached hydrogen (secondary N) is 1. The van der Waals surface area contributed by atoms with E-state index < -0.39 is 6.10 Å². The van der Waals surface area contributed by atoms with E-state index in [4.69, 9.17) is 5.73 Å². The maximum Gasteiger partial charge on any atom is 0.220 e. The number of aliphatic hydroxyl groups excluding tert-OH is 1. The minimum absolute atomic E-state index is 0.0131. The van der Waals surface area contributed by atoms with E-state index in [1.807, 2.05) is 13.8 Å². The van der Waals surface area contributed by atoms with E-state index in [-0.39, 0.29) is 17.7 Å². The summed E-state index contributed by atoms with van der Waals surface area (Å²) in [6.45, 7) is 8.98. The molecule has 0 rings (SSSR count). The second kappa shape index (κ2) is 8.48. The first-order chi connectivity index (χ1) is 7.86. The predicted molar refractivity (Wildman–Crippen MR) is 70.5 cm³/mol. The molecule has 4 heteroatoms. The lowest BCUT2D eigenvalue weighted by Crippen LogP contribution is -2.36. The highest BCUT2D eigenvalue weighted by Crippen LogP contribution is 2.14. The first kappa shape index (κ1) is 16.4. The Morgan fingerprint density at radius 3 is 2.29 bits per heavy atom. The maximum absolute atomic E-state index is 11.6. The van der Waals surface area contributed by atoms with Crippen LogP contribution in [-0.4, -0.2) is 30.2 Å². The van der Waals surface area contributed by atoms with E-state index >= 15 is 0 Å². The Balaban J connectivity index is 3.90. The van der Waals surface area contributed by atoms with Gasteiger partial charge in [0, 0.05) is 13.0 Å². The van der Waals surface area contributed by atoms with Crippen LogP contribution in [0.5, 0.6) is 0 Å². The van der Waals surface area contributed by atoms with Gasteiger partial charge in [-0.15, -0.1) is 0 Å². The molecule has 2 atom stereocenters. The molecule has 1 amide bonds. The van der Waals surface area contributed by atoms with Gasteiger partial charge in [-0.3, -0.25) is 4.79 Å². The molecule has 0 bridgehead atoms. The molecule has 4 nitrogen and oxygen atoms in total. The summed E-state index contributed by atoms with van der Waals surface area (Å²) in [5.74, 6) is 0.945. The van der Waals surface area contributed by atoms with Gasteiger partial charge in [-0.2, -0.15) is 0 Å². The fraction of sp³-hybridized carbons (Fsp3) is 0.923. The van der Waals surface area contributed by atoms with Crippen molar-refractivity contribution in [3.63, 3.8) is 0 Å². The molecule has 0 aromatic carbocycles. The van der Waals surface area contributed by atoms with Crippen molar-refractivity contribution in [1.82, 2.24) is 5.32 Å². The number of carbonyl (C=O) groups is 1. The molecule has 0 fully saturated rings. The maximum atomic E-state index is 11.6. The Hall–Kier alpha value is -0.610. The standard InChI is InChI=1S/C13H28N2O2/c1-9(2)5-11(7-14)6-13(17)15-8-12(16)10(3)4/h9-12,16H,5-8,14H2,1-4H3,(H,15,17). The van der Waals surface area contributed by atoms with Gasteiger partial charge in [0.05, 0.1) is 6.10 Å². The minimum Gasteiger partial charge on any atom is -0.391 e. The van der Waals surface area contributed by atoms with Crippen LogP contribution in [0.2, 0.25) is 0 Å².